The first-order valence-electron chi connectivity index (χ1n) is 8.63. The molecule has 0 fully saturated rings. The summed E-state index contributed by atoms with van der Waals surface area (Å²) in [7, 11) is 0. The summed E-state index contributed by atoms with van der Waals surface area (Å²) in [5.41, 5.74) is 0.539. The van der Waals surface area contributed by atoms with Gasteiger partial charge in [0.05, 0.1) is 23.2 Å². The van der Waals surface area contributed by atoms with Crippen LogP contribution in [0.25, 0.3) is 0 Å². The Morgan fingerprint density at radius 1 is 1.07 bits per heavy atom. The van der Waals surface area contributed by atoms with Gasteiger partial charge in [-0.05, 0) is 60.5 Å². The Labute approximate surface area is 189 Å². The van der Waals surface area contributed by atoms with E-state index in [9.17, 15) is 14.4 Å². The van der Waals surface area contributed by atoms with E-state index in [4.69, 9.17) is 14.2 Å². The molecule has 29 heavy (non-hydrogen) atoms. The lowest BCUT2D eigenvalue weighted by Gasteiger charge is -2.09. The van der Waals surface area contributed by atoms with E-state index >= 15 is 0 Å². The molecule has 1 aromatic carbocycles. The zero-order valence-electron chi connectivity index (χ0n) is 16.0. The van der Waals surface area contributed by atoms with Gasteiger partial charge < -0.3 is 19.5 Å². The summed E-state index contributed by atoms with van der Waals surface area (Å²) < 4.78 is 17.1. The predicted octanol–water partition coefficient (Wildman–Crippen LogP) is 4.95. The lowest BCUT2D eigenvalue weighted by Crippen LogP contribution is -2.21. The Morgan fingerprint density at radius 3 is 2.34 bits per heavy atom. The van der Waals surface area contributed by atoms with Crippen molar-refractivity contribution in [2.24, 2.45) is 0 Å². The fraction of sp³-hybridized carbons (Fsp3) is 0.316. The fourth-order valence-corrected chi connectivity index (χ4v) is 4.61. The monoisotopic (exact) mass is 547 g/mol. The minimum absolute atomic E-state index is 0.137. The maximum atomic E-state index is 12.4. The first kappa shape index (κ1) is 23.4. The van der Waals surface area contributed by atoms with Gasteiger partial charge in [-0.3, -0.25) is 4.79 Å². The number of anilines is 1. The van der Waals surface area contributed by atoms with Crippen LogP contribution in [0.3, 0.4) is 0 Å². The molecular formula is C19H19Br2NO6S. The summed E-state index contributed by atoms with van der Waals surface area (Å²) in [6, 6.07) is 5.28. The molecule has 2 rings (SSSR count). The predicted molar refractivity (Wildman–Crippen MR) is 117 cm³/mol. The Morgan fingerprint density at radius 2 is 1.72 bits per heavy atom. The van der Waals surface area contributed by atoms with Crippen LogP contribution in [0.1, 0.15) is 39.4 Å². The van der Waals surface area contributed by atoms with Gasteiger partial charge in [0, 0.05) is 4.47 Å². The van der Waals surface area contributed by atoms with Gasteiger partial charge in [0.15, 0.2) is 6.61 Å². The lowest BCUT2D eigenvalue weighted by atomic mass is 10.1. The van der Waals surface area contributed by atoms with Crippen molar-refractivity contribution in [2.45, 2.75) is 20.8 Å². The van der Waals surface area contributed by atoms with Crippen molar-refractivity contribution in [2.75, 3.05) is 25.1 Å². The molecule has 1 N–H and O–H groups in total. The topological polar surface area (TPSA) is 90.9 Å². The van der Waals surface area contributed by atoms with Crippen LogP contribution in [0.15, 0.2) is 27.1 Å². The molecule has 1 heterocycles. The second-order valence-electron chi connectivity index (χ2n) is 5.61. The highest BCUT2D eigenvalue weighted by Gasteiger charge is 2.27. The molecule has 0 atom stereocenters. The van der Waals surface area contributed by atoms with E-state index in [2.05, 4.69) is 37.2 Å². The highest BCUT2D eigenvalue weighted by atomic mass is 79.9. The second kappa shape index (κ2) is 10.7. The Kier molecular flexibility index (Phi) is 8.66. The van der Waals surface area contributed by atoms with Crippen molar-refractivity contribution in [3.63, 3.8) is 0 Å². The third kappa shape index (κ3) is 6.03. The maximum absolute atomic E-state index is 12.4. The van der Waals surface area contributed by atoms with Gasteiger partial charge in [0.2, 0.25) is 0 Å². The highest BCUT2D eigenvalue weighted by molar-refractivity contribution is 9.11. The van der Waals surface area contributed by atoms with Gasteiger partial charge >= 0.3 is 11.9 Å². The van der Waals surface area contributed by atoms with Gasteiger partial charge in [-0.2, -0.15) is 0 Å². The number of amides is 1. The molecule has 2 aromatic rings. The Balaban J connectivity index is 2.20. The molecule has 0 radical (unpaired) electrons. The number of nitrogens with one attached hydrogen (secondary N) is 1. The van der Waals surface area contributed by atoms with Gasteiger partial charge in [-0.15, -0.1) is 11.3 Å². The lowest BCUT2D eigenvalue weighted by molar-refractivity contribution is -0.118. The molecule has 0 saturated heterocycles. The first-order valence-corrected chi connectivity index (χ1v) is 11.0. The molecule has 10 heteroatoms. The third-order valence-corrected chi connectivity index (χ3v) is 5.89. The highest BCUT2D eigenvalue weighted by Crippen LogP contribution is 2.34. The number of rotatable bonds is 8. The number of thiophene rings is 1. The minimum atomic E-state index is -0.622. The summed E-state index contributed by atoms with van der Waals surface area (Å²) >= 11 is 7.66. The number of ether oxygens (including phenoxy) is 3. The average Bonchev–Trinajstić information content (AvgIpc) is 2.97. The van der Waals surface area contributed by atoms with Crippen LogP contribution in [0.4, 0.5) is 5.00 Å². The SMILES string of the molecule is CCOC(=O)c1sc(NC(=O)COc2ccc(Br)cc2Br)c(C(=O)OCC)c1C. The number of hydrogen-bond acceptors (Lipinski definition) is 7. The number of carbonyl (C=O) groups is 3. The molecule has 0 spiro atoms. The summed E-state index contributed by atoms with van der Waals surface area (Å²) in [5.74, 6) is -1.18. The van der Waals surface area contributed by atoms with Crippen molar-refractivity contribution < 1.29 is 28.6 Å². The van der Waals surface area contributed by atoms with Crippen LogP contribution in [0.5, 0.6) is 5.75 Å². The molecule has 0 aliphatic heterocycles. The van der Waals surface area contributed by atoms with E-state index in [1.165, 1.54) is 0 Å². The van der Waals surface area contributed by atoms with Crippen molar-refractivity contribution in [3.05, 3.63) is 43.1 Å². The van der Waals surface area contributed by atoms with E-state index in [1.54, 1.807) is 39.0 Å². The van der Waals surface area contributed by atoms with Gasteiger partial charge in [0.25, 0.3) is 5.91 Å². The zero-order valence-corrected chi connectivity index (χ0v) is 20.0. The van der Waals surface area contributed by atoms with Gasteiger partial charge in [-0.25, -0.2) is 9.59 Å². The third-order valence-electron chi connectivity index (χ3n) is 3.59. The minimum Gasteiger partial charge on any atom is -0.483 e. The standard InChI is InChI=1S/C19H19Br2NO6S/c1-4-26-18(24)15-10(3)16(19(25)27-5-2)29-17(15)22-14(23)9-28-13-7-6-11(20)8-12(13)21/h6-8H,4-5,9H2,1-3H3,(H,22,23). The number of benzene rings is 1. The molecule has 0 saturated carbocycles. The largest absolute Gasteiger partial charge is 0.483 e. The summed E-state index contributed by atoms with van der Waals surface area (Å²) in [6.07, 6.45) is 0. The molecule has 7 nitrogen and oxygen atoms in total. The first-order chi connectivity index (χ1) is 13.8. The number of esters is 2. The van der Waals surface area contributed by atoms with Crippen LogP contribution in [-0.2, 0) is 14.3 Å². The van der Waals surface area contributed by atoms with E-state index in [0.29, 0.717) is 15.8 Å². The molecule has 1 amide bonds. The Bertz CT molecular complexity index is 928. The van der Waals surface area contributed by atoms with Gasteiger partial charge in [0.1, 0.15) is 15.6 Å². The van der Waals surface area contributed by atoms with Crippen LogP contribution in [-0.4, -0.2) is 37.7 Å². The summed E-state index contributed by atoms with van der Waals surface area (Å²) in [6.45, 7) is 5.05. The number of halogens is 2. The van der Waals surface area contributed by atoms with Crippen LogP contribution >= 0.6 is 43.2 Å². The zero-order chi connectivity index (χ0) is 21.6. The maximum Gasteiger partial charge on any atom is 0.348 e. The summed E-state index contributed by atoms with van der Waals surface area (Å²) in [4.78, 5) is 37.1. The van der Waals surface area contributed by atoms with Crippen molar-refractivity contribution in [3.8, 4) is 5.75 Å². The summed E-state index contributed by atoms with van der Waals surface area (Å²) in [5, 5.41) is 2.85. The van der Waals surface area contributed by atoms with Crippen molar-refractivity contribution in [1.82, 2.24) is 0 Å². The Hall–Kier alpha value is -1.91. The van der Waals surface area contributed by atoms with E-state index in [0.717, 1.165) is 15.8 Å². The fourth-order valence-electron chi connectivity index (χ4n) is 2.34. The van der Waals surface area contributed by atoms with Crippen LogP contribution < -0.4 is 10.1 Å². The van der Waals surface area contributed by atoms with Crippen molar-refractivity contribution >= 4 is 66.0 Å². The molecule has 1 aromatic heterocycles. The van der Waals surface area contributed by atoms with E-state index in [1.807, 2.05) is 0 Å². The second-order valence-corrected chi connectivity index (χ2v) is 8.40. The average molecular weight is 549 g/mol. The van der Waals surface area contributed by atoms with Crippen LogP contribution in [0.2, 0.25) is 0 Å². The molecule has 0 bridgehead atoms. The number of carbonyl (C=O) groups excluding carboxylic acids is 3. The van der Waals surface area contributed by atoms with Crippen LogP contribution in [0, 0.1) is 6.92 Å². The molecule has 0 aliphatic rings. The molecule has 0 unspecified atom stereocenters. The molecule has 0 aliphatic carbocycles. The quantitative estimate of drug-likeness (QED) is 0.469. The normalized spacial score (nSPS) is 10.4. The van der Waals surface area contributed by atoms with Crippen molar-refractivity contribution in [1.29, 1.82) is 0 Å². The smallest absolute Gasteiger partial charge is 0.348 e. The van der Waals surface area contributed by atoms with Gasteiger partial charge in [-0.1, -0.05) is 15.9 Å². The molecular weight excluding hydrogens is 530 g/mol. The number of hydrogen-bond donors (Lipinski definition) is 1. The van der Waals surface area contributed by atoms with E-state index < -0.39 is 17.8 Å². The van der Waals surface area contributed by atoms with E-state index in [-0.39, 0.29) is 35.3 Å². The molecule has 156 valence electrons.